The molecule has 3 aromatic rings. The topological polar surface area (TPSA) is 93.6 Å². The van der Waals surface area contributed by atoms with Gasteiger partial charge in [0, 0.05) is 5.75 Å². The summed E-state index contributed by atoms with van der Waals surface area (Å²) in [6.45, 7) is 1.99. The minimum Gasteiger partial charge on any atom is -0.350 e. The predicted octanol–water partition coefficient (Wildman–Crippen LogP) is 4.29. The molecular formula is C18H15F2N5OS. The molecule has 1 heterocycles. The summed E-state index contributed by atoms with van der Waals surface area (Å²) in [5, 5.41) is 12.1. The molecule has 138 valence electrons. The lowest BCUT2D eigenvalue weighted by Crippen LogP contribution is -2.08. The molecule has 3 rings (SSSR count). The van der Waals surface area contributed by atoms with Crippen LogP contribution in [0, 0.1) is 23.0 Å². The number of fused-ring (bicyclic) bond motifs is 1. The van der Waals surface area contributed by atoms with Crippen LogP contribution >= 0.6 is 11.9 Å². The Morgan fingerprint density at radius 1 is 1.26 bits per heavy atom. The van der Waals surface area contributed by atoms with E-state index in [2.05, 4.69) is 20.0 Å². The number of hydrogen-bond acceptors (Lipinski definition) is 6. The van der Waals surface area contributed by atoms with Gasteiger partial charge in [0.05, 0.1) is 28.6 Å². The Labute approximate surface area is 157 Å². The van der Waals surface area contributed by atoms with Gasteiger partial charge in [0.15, 0.2) is 5.82 Å². The molecule has 0 atom stereocenters. The summed E-state index contributed by atoms with van der Waals surface area (Å²) in [6, 6.07) is 7.42. The van der Waals surface area contributed by atoms with E-state index in [1.54, 1.807) is 6.07 Å². The first kappa shape index (κ1) is 18.7. The van der Waals surface area contributed by atoms with Gasteiger partial charge in [0.2, 0.25) is 0 Å². The number of benzene rings is 2. The number of aromatic amines is 1. The van der Waals surface area contributed by atoms with Crippen LogP contribution in [-0.2, 0) is 0 Å². The second kappa shape index (κ2) is 8.05. The van der Waals surface area contributed by atoms with Crippen molar-refractivity contribution < 1.29 is 8.78 Å². The molecule has 0 saturated heterocycles. The fourth-order valence-electron chi connectivity index (χ4n) is 2.44. The molecule has 0 aliphatic heterocycles. The summed E-state index contributed by atoms with van der Waals surface area (Å²) in [6.07, 6.45) is 2.00. The lowest BCUT2D eigenvalue weighted by molar-refractivity contribution is 0.594. The summed E-state index contributed by atoms with van der Waals surface area (Å²) in [5.74, 6) is -0.840. The Kier molecular flexibility index (Phi) is 5.57. The number of H-pyrrole nitrogens is 1. The zero-order valence-corrected chi connectivity index (χ0v) is 15.1. The van der Waals surface area contributed by atoms with E-state index in [1.165, 1.54) is 24.1 Å². The third-order valence-electron chi connectivity index (χ3n) is 3.70. The second-order valence-corrected chi connectivity index (χ2v) is 6.50. The Morgan fingerprint density at radius 2 is 2.04 bits per heavy atom. The highest BCUT2D eigenvalue weighted by atomic mass is 32.2. The first-order valence-electron chi connectivity index (χ1n) is 8.10. The lowest BCUT2D eigenvalue weighted by atomic mass is 10.1. The summed E-state index contributed by atoms with van der Waals surface area (Å²) < 4.78 is 31.8. The third kappa shape index (κ3) is 3.85. The fraction of sp³-hybridized carbons (Fsp3) is 0.167. The minimum atomic E-state index is -0.804. The zero-order valence-electron chi connectivity index (χ0n) is 14.3. The van der Waals surface area contributed by atoms with Gasteiger partial charge >= 0.3 is 0 Å². The van der Waals surface area contributed by atoms with Crippen molar-refractivity contribution >= 4 is 40.0 Å². The van der Waals surface area contributed by atoms with Crippen LogP contribution in [0.25, 0.3) is 11.0 Å². The maximum atomic E-state index is 14.7. The number of nitriles is 1. The minimum absolute atomic E-state index is 0.0372. The van der Waals surface area contributed by atoms with Crippen LogP contribution in [0.2, 0.25) is 0 Å². The van der Waals surface area contributed by atoms with Crippen molar-refractivity contribution in [3.05, 3.63) is 58.0 Å². The van der Waals surface area contributed by atoms with Crippen molar-refractivity contribution in [2.24, 2.45) is 0 Å². The number of hydrogen-bond donors (Lipinski definition) is 3. The van der Waals surface area contributed by atoms with Crippen LogP contribution in [-0.4, -0.2) is 15.7 Å². The molecular weight excluding hydrogens is 372 g/mol. The van der Waals surface area contributed by atoms with Crippen molar-refractivity contribution in [2.45, 2.75) is 13.3 Å². The highest BCUT2D eigenvalue weighted by Crippen LogP contribution is 2.32. The van der Waals surface area contributed by atoms with E-state index in [1.807, 2.05) is 13.0 Å². The number of nitrogens with zero attached hydrogens (tertiary/aromatic N) is 2. The molecule has 27 heavy (non-hydrogen) atoms. The third-order valence-corrected chi connectivity index (χ3v) is 4.68. The molecule has 6 nitrogen and oxygen atoms in total. The smallest absolute Gasteiger partial charge is 0.266 e. The van der Waals surface area contributed by atoms with Gasteiger partial charge in [-0.3, -0.25) is 4.79 Å². The first-order chi connectivity index (χ1) is 13.0. The molecule has 0 fully saturated rings. The summed E-state index contributed by atoms with van der Waals surface area (Å²) in [5.41, 5.74) is 0.0474. The van der Waals surface area contributed by atoms with Crippen LogP contribution in [0.1, 0.15) is 18.9 Å². The van der Waals surface area contributed by atoms with E-state index in [4.69, 9.17) is 0 Å². The van der Waals surface area contributed by atoms with Crippen molar-refractivity contribution in [2.75, 3.05) is 15.8 Å². The Bertz CT molecular complexity index is 1090. The van der Waals surface area contributed by atoms with E-state index in [0.29, 0.717) is 5.52 Å². The van der Waals surface area contributed by atoms with Crippen LogP contribution < -0.4 is 15.6 Å². The van der Waals surface area contributed by atoms with Gasteiger partial charge in [-0.1, -0.05) is 18.9 Å². The van der Waals surface area contributed by atoms with Crippen LogP contribution in [0.4, 0.5) is 25.8 Å². The number of halogens is 2. The maximum Gasteiger partial charge on any atom is 0.266 e. The van der Waals surface area contributed by atoms with Crippen LogP contribution in [0.3, 0.4) is 0 Å². The molecule has 0 aliphatic rings. The van der Waals surface area contributed by atoms with Crippen molar-refractivity contribution in [3.63, 3.8) is 0 Å². The van der Waals surface area contributed by atoms with Gasteiger partial charge in [0.25, 0.3) is 5.56 Å². The molecule has 0 amide bonds. The van der Waals surface area contributed by atoms with Crippen molar-refractivity contribution in [1.82, 2.24) is 9.97 Å². The van der Waals surface area contributed by atoms with Crippen molar-refractivity contribution in [3.8, 4) is 6.07 Å². The summed E-state index contributed by atoms with van der Waals surface area (Å²) in [4.78, 5) is 18.0. The Hall–Kier alpha value is -3.12. The van der Waals surface area contributed by atoms with Gasteiger partial charge in [0.1, 0.15) is 23.1 Å². The molecule has 9 heteroatoms. The quantitative estimate of drug-likeness (QED) is 0.432. The van der Waals surface area contributed by atoms with Crippen molar-refractivity contribution in [1.29, 1.82) is 5.26 Å². The maximum absolute atomic E-state index is 14.7. The Balaban J connectivity index is 2.04. The number of aromatic nitrogens is 2. The van der Waals surface area contributed by atoms with Crippen LogP contribution in [0.15, 0.2) is 35.3 Å². The number of anilines is 3. The van der Waals surface area contributed by atoms with Gasteiger partial charge in [-0.15, -0.1) is 0 Å². The summed E-state index contributed by atoms with van der Waals surface area (Å²) in [7, 11) is 0. The molecule has 1 aromatic heterocycles. The van der Waals surface area contributed by atoms with Gasteiger partial charge < -0.3 is 15.0 Å². The molecule has 2 aromatic carbocycles. The lowest BCUT2D eigenvalue weighted by Gasteiger charge is -2.14. The Morgan fingerprint density at radius 3 is 2.78 bits per heavy atom. The molecule has 0 unspecified atom stereocenters. The van der Waals surface area contributed by atoms with E-state index >= 15 is 0 Å². The number of nitrogens with one attached hydrogen (secondary N) is 3. The highest BCUT2D eigenvalue weighted by Gasteiger charge is 2.17. The molecule has 0 radical (unpaired) electrons. The average molecular weight is 387 g/mol. The monoisotopic (exact) mass is 387 g/mol. The fourth-order valence-corrected chi connectivity index (χ4v) is 3.06. The highest BCUT2D eigenvalue weighted by molar-refractivity contribution is 8.00. The first-order valence-corrected chi connectivity index (χ1v) is 9.08. The van der Waals surface area contributed by atoms with Gasteiger partial charge in [-0.25, -0.2) is 13.8 Å². The van der Waals surface area contributed by atoms with E-state index in [0.717, 1.165) is 24.4 Å². The molecule has 0 bridgehead atoms. The average Bonchev–Trinajstić information content (AvgIpc) is 2.66. The molecule has 3 N–H and O–H groups in total. The standard InChI is InChI=1S/C18H15F2N5OS/c1-2-7-27-25-13-4-3-11(19)18(16(13)20)23-12-5-6-14-17(10(12)8-21)24-15(26)9-22-14/h3-6,9,23,25H,2,7H2,1H3,(H,24,26). The summed E-state index contributed by atoms with van der Waals surface area (Å²) >= 11 is 1.31. The molecule has 0 saturated carbocycles. The largest absolute Gasteiger partial charge is 0.350 e. The number of rotatable bonds is 6. The normalized spacial score (nSPS) is 10.6. The van der Waals surface area contributed by atoms with E-state index in [9.17, 15) is 18.8 Å². The zero-order chi connectivity index (χ0) is 19.4. The SMILES string of the molecule is CCCSNc1ccc(F)c(Nc2ccc3ncc(=O)[nH]c3c2C#N)c1F. The molecule has 0 spiro atoms. The van der Waals surface area contributed by atoms with Gasteiger partial charge in [-0.05, 0) is 30.7 Å². The van der Waals surface area contributed by atoms with E-state index < -0.39 is 17.2 Å². The van der Waals surface area contributed by atoms with Crippen LogP contribution in [0.5, 0.6) is 0 Å². The van der Waals surface area contributed by atoms with E-state index in [-0.39, 0.29) is 28.1 Å². The predicted molar refractivity (Wildman–Crippen MR) is 103 cm³/mol. The second-order valence-electron chi connectivity index (χ2n) is 5.60. The van der Waals surface area contributed by atoms with Gasteiger partial charge in [-0.2, -0.15) is 5.26 Å². The molecule has 0 aliphatic carbocycles.